The van der Waals surface area contributed by atoms with Gasteiger partial charge in [-0.15, -0.1) is 23.2 Å². The summed E-state index contributed by atoms with van der Waals surface area (Å²) < 4.78 is 0. The van der Waals surface area contributed by atoms with Gasteiger partial charge in [-0.2, -0.15) is 21.0 Å². The summed E-state index contributed by atoms with van der Waals surface area (Å²) in [4.78, 5) is 0. The molecule has 1 fully saturated rings. The van der Waals surface area contributed by atoms with Gasteiger partial charge in [-0.05, 0) is 0 Å². The largest absolute Gasteiger partial charge is 0.196 e. The number of rotatable bonds is 2. The van der Waals surface area contributed by atoms with Gasteiger partial charge in [0.15, 0.2) is 10.8 Å². The molecule has 0 spiro atoms. The summed E-state index contributed by atoms with van der Waals surface area (Å²) in [6.45, 7) is 0. The van der Waals surface area contributed by atoms with E-state index in [0.29, 0.717) is 0 Å². The molecule has 1 rings (SSSR count). The third-order valence-corrected chi connectivity index (χ3v) is 3.98. The lowest BCUT2D eigenvalue weighted by Crippen LogP contribution is -2.16. The van der Waals surface area contributed by atoms with Crippen LogP contribution in [-0.4, -0.2) is 11.8 Å². The van der Waals surface area contributed by atoms with Crippen molar-refractivity contribution in [3.05, 3.63) is 0 Å². The summed E-state index contributed by atoms with van der Waals surface area (Å²) in [6, 6.07) is 6.85. The molecule has 0 saturated heterocycles. The van der Waals surface area contributed by atoms with Gasteiger partial charge in [0.05, 0.1) is 29.7 Å². The van der Waals surface area contributed by atoms with Gasteiger partial charge in [-0.1, -0.05) is 0 Å². The van der Waals surface area contributed by atoms with Crippen molar-refractivity contribution in [2.24, 2.45) is 16.2 Å². The number of halogens is 2. The van der Waals surface area contributed by atoms with E-state index in [1.54, 1.807) is 24.3 Å². The third kappa shape index (κ3) is 0.807. The Morgan fingerprint density at radius 1 is 0.733 bits per heavy atom. The highest BCUT2D eigenvalue weighted by Crippen LogP contribution is 2.78. The average molecular weight is 239 g/mol. The molecule has 0 heterocycles. The van der Waals surface area contributed by atoms with Crippen LogP contribution in [0.5, 0.6) is 0 Å². The van der Waals surface area contributed by atoms with Crippen molar-refractivity contribution in [2.45, 2.75) is 0 Å². The van der Waals surface area contributed by atoms with E-state index in [4.69, 9.17) is 44.2 Å². The standard InChI is InChI=1S/C9H4Cl2N4/c10-1-7(2-11)8(3-12,4-13)9(7,5-14)6-15/h1-2H2. The van der Waals surface area contributed by atoms with E-state index >= 15 is 0 Å². The first-order valence-corrected chi connectivity index (χ1v) is 4.96. The van der Waals surface area contributed by atoms with Crippen LogP contribution in [-0.2, 0) is 0 Å². The Morgan fingerprint density at radius 2 is 1.00 bits per heavy atom. The highest BCUT2D eigenvalue weighted by molar-refractivity contribution is 6.22. The lowest BCUT2D eigenvalue weighted by molar-refractivity contribution is 0.547. The van der Waals surface area contributed by atoms with Crippen LogP contribution < -0.4 is 0 Å². The molecule has 0 bridgehead atoms. The Kier molecular flexibility index (Phi) is 2.54. The smallest absolute Gasteiger partial charge is 0.186 e. The summed E-state index contributed by atoms with van der Waals surface area (Å²) in [5, 5.41) is 35.8. The molecule has 0 aromatic rings. The van der Waals surface area contributed by atoms with E-state index in [2.05, 4.69) is 0 Å². The molecule has 0 aliphatic heterocycles. The van der Waals surface area contributed by atoms with Crippen LogP contribution in [0.15, 0.2) is 0 Å². The number of hydrogen-bond donors (Lipinski definition) is 0. The quantitative estimate of drug-likeness (QED) is 0.682. The Bertz CT molecular complexity index is 384. The molecule has 0 atom stereocenters. The van der Waals surface area contributed by atoms with Gasteiger partial charge in [0, 0.05) is 11.8 Å². The van der Waals surface area contributed by atoms with Gasteiger partial charge >= 0.3 is 0 Å². The van der Waals surface area contributed by atoms with E-state index < -0.39 is 16.2 Å². The minimum absolute atomic E-state index is 0.168. The van der Waals surface area contributed by atoms with Gasteiger partial charge in [0.1, 0.15) is 0 Å². The third-order valence-electron chi connectivity index (χ3n) is 3.06. The van der Waals surface area contributed by atoms with Crippen LogP contribution >= 0.6 is 23.2 Å². The van der Waals surface area contributed by atoms with Gasteiger partial charge in [0.25, 0.3) is 0 Å². The van der Waals surface area contributed by atoms with Gasteiger partial charge in [-0.3, -0.25) is 0 Å². The Morgan fingerprint density at radius 3 is 1.07 bits per heavy atom. The maximum absolute atomic E-state index is 8.96. The number of nitrogens with zero attached hydrogens (tertiary/aromatic N) is 4. The fourth-order valence-corrected chi connectivity index (χ4v) is 3.03. The molecule has 6 heteroatoms. The van der Waals surface area contributed by atoms with Crippen molar-refractivity contribution in [3.63, 3.8) is 0 Å². The SMILES string of the molecule is N#CC1(C#N)C(C#N)(C#N)C1(CCl)CCl. The normalized spacial score (nSPS) is 22.5. The number of nitriles is 4. The predicted octanol–water partition coefficient (Wildman–Crippen LogP) is 1.53. The highest BCUT2D eigenvalue weighted by Gasteiger charge is 2.91. The molecule has 4 nitrogen and oxygen atoms in total. The maximum Gasteiger partial charge on any atom is 0.186 e. The fraction of sp³-hybridized carbons (Fsp3) is 0.556. The van der Waals surface area contributed by atoms with Crippen LogP contribution in [0.4, 0.5) is 0 Å². The van der Waals surface area contributed by atoms with Gasteiger partial charge in [-0.25, -0.2) is 0 Å². The molecule has 15 heavy (non-hydrogen) atoms. The van der Waals surface area contributed by atoms with Crippen molar-refractivity contribution in [1.29, 1.82) is 21.0 Å². The van der Waals surface area contributed by atoms with Crippen molar-refractivity contribution < 1.29 is 0 Å². The predicted molar refractivity (Wildman–Crippen MR) is 51.2 cm³/mol. The second-order valence-electron chi connectivity index (χ2n) is 3.30. The van der Waals surface area contributed by atoms with E-state index in [1.165, 1.54) is 0 Å². The van der Waals surface area contributed by atoms with Crippen LogP contribution in [0.1, 0.15) is 0 Å². The summed E-state index contributed by atoms with van der Waals surface area (Å²) in [6.07, 6.45) is 0. The molecular weight excluding hydrogens is 235 g/mol. The lowest BCUT2D eigenvalue weighted by atomic mass is 9.98. The second-order valence-corrected chi connectivity index (χ2v) is 3.83. The van der Waals surface area contributed by atoms with Gasteiger partial charge in [0.2, 0.25) is 0 Å². The highest BCUT2D eigenvalue weighted by atomic mass is 35.5. The minimum atomic E-state index is -1.72. The Hall–Kier alpha value is -1.46. The molecule has 0 amide bonds. The molecule has 1 aliphatic carbocycles. The van der Waals surface area contributed by atoms with Crippen molar-refractivity contribution >= 4 is 23.2 Å². The molecule has 1 saturated carbocycles. The minimum Gasteiger partial charge on any atom is -0.196 e. The molecule has 0 N–H and O–H groups in total. The van der Waals surface area contributed by atoms with Crippen LogP contribution in [0.2, 0.25) is 0 Å². The number of hydrogen-bond acceptors (Lipinski definition) is 4. The Balaban J connectivity index is 3.51. The summed E-state index contributed by atoms with van der Waals surface area (Å²) in [5.74, 6) is -0.336. The zero-order valence-corrected chi connectivity index (χ0v) is 8.97. The van der Waals surface area contributed by atoms with Crippen LogP contribution in [0.3, 0.4) is 0 Å². The van der Waals surface area contributed by atoms with Gasteiger partial charge < -0.3 is 0 Å². The lowest BCUT2D eigenvalue weighted by Gasteiger charge is -2.07. The van der Waals surface area contributed by atoms with Crippen molar-refractivity contribution in [1.82, 2.24) is 0 Å². The monoisotopic (exact) mass is 238 g/mol. The zero-order valence-electron chi connectivity index (χ0n) is 7.46. The van der Waals surface area contributed by atoms with Crippen molar-refractivity contribution in [2.75, 3.05) is 11.8 Å². The van der Waals surface area contributed by atoms with E-state index in [9.17, 15) is 0 Å². The molecule has 0 aromatic carbocycles. The van der Waals surface area contributed by atoms with Crippen molar-refractivity contribution in [3.8, 4) is 24.3 Å². The van der Waals surface area contributed by atoms with Crippen LogP contribution in [0, 0.1) is 61.6 Å². The summed E-state index contributed by atoms with van der Waals surface area (Å²) in [7, 11) is 0. The first kappa shape index (κ1) is 11.6. The van der Waals surface area contributed by atoms with E-state index in [1.807, 2.05) is 0 Å². The molecule has 0 aromatic heterocycles. The summed E-state index contributed by atoms with van der Waals surface area (Å²) in [5.41, 5.74) is -4.68. The second kappa shape index (κ2) is 3.29. The average Bonchev–Trinajstić information content (AvgIpc) is 2.85. The fourth-order valence-electron chi connectivity index (χ4n) is 1.94. The Labute approximate surface area is 96.8 Å². The van der Waals surface area contributed by atoms with Crippen LogP contribution in [0.25, 0.3) is 0 Å². The number of alkyl halides is 2. The molecule has 0 unspecified atom stereocenters. The molecule has 0 radical (unpaired) electrons. The topological polar surface area (TPSA) is 95.2 Å². The molecule has 1 aliphatic rings. The molecular formula is C9H4Cl2N4. The first-order chi connectivity index (χ1) is 7.11. The zero-order chi connectivity index (χ0) is 11.7. The van der Waals surface area contributed by atoms with E-state index in [-0.39, 0.29) is 11.8 Å². The summed E-state index contributed by atoms with van der Waals surface area (Å²) >= 11 is 11.3. The van der Waals surface area contributed by atoms with E-state index in [0.717, 1.165) is 0 Å². The molecule has 74 valence electrons. The first-order valence-electron chi connectivity index (χ1n) is 3.89. The maximum atomic E-state index is 8.96.